The highest BCUT2D eigenvalue weighted by Gasteiger charge is 2.41. The first-order chi connectivity index (χ1) is 15.7. The van der Waals surface area contributed by atoms with Gasteiger partial charge in [0.25, 0.3) is 5.91 Å². The van der Waals surface area contributed by atoms with E-state index in [2.05, 4.69) is 15.6 Å². The minimum atomic E-state index is -4.55. The normalized spacial score (nSPS) is 23.6. The van der Waals surface area contributed by atoms with Crippen LogP contribution in [0.25, 0.3) is 0 Å². The number of amides is 2. The van der Waals surface area contributed by atoms with Gasteiger partial charge in [-0.2, -0.15) is 13.2 Å². The Hall–Kier alpha value is -2.50. The molecule has 33 heavy (non-hydrogen) atoms. The first-order valence-electron chi connectivity index (χ1n) is 10.8. The van der Waals surface area contributed by atoms with Crippen LogP contribution in [0.4, 0.5) is 13.2 Å². The number of hydrogen-bond acceptors (Lipinski definition) is 6. The van der Waals surface area contributed by atoms with Crippen molar-refractivity contribution in [2.24, 2.45) is 0 Å². The van der Waals surface area contributed by atoms with Gasteiger partial charge in [-0.25, -0.2) is 0 Å². The molecule has 1 aliphatic heterocycles. The van der Waals surface area contributed by atoms with E-state index < -0.39 is 23.2 Å². The van der Waals surface area contributed by atoms with Crippen LogP contribution in [-0.2, 0) is 16.6 Å². The predicted octanol–water partition coefficient (Wildman–Crippen LogP) is 2.52. The third-order valence-corrected chi connectivity index (χ3v) is 7.33. The highest BCUT2D eigenvalue weighted by Crippen LogP contribution is 2.40. The lowest BCUT2D eigenvalue weighted by Gasteiger charge is -2.46. The summed E-state index contributed by atoms with van der Waals surface area (Å²) < 4.78 is 38.8. The molecule has 2 amide bonds. The number of carbonyl (C=O) groups is 2. The number of thiazole rings is 1. The zero-order chi connectivity index (χ0) is 23.6. The Bertz CT molecular complexity index is 987. The third kappa shape index (κ3) is 5.20. The molecule has 3 N–H and O–H groups in total. The number of alkyl halides is 3. The lowest BCUT2D eigenvalue weighted by atomic mass is 9.80. The second-order valence-corrected chi connectivity index (χ2v) is 9.39. The minimum absolute atomic E-state index is 0.0115. The summed E-state index contributed by atoms with van der Waals surface area (Å²) in [7, 11) is 0. The molecule has 2 fully saturated rings. The van der Waals surface area contributed by atoms with Gasteiger partial charge in [-0.1, -0.05) is 6.07 Å². The number of hydrogen-bond donors (Lipinski definition) is 3. The standard InChI is InChI=1S/C22H25F3N4O3S/c23-22(24,25)15-3-1-2-14(8-15)20(31)28-12-19(30)29(17-9-26-10-17)16-4-6-21(32,7-5-16)18-11-27-13-33-18/h1-3,8,11,13,16-17,26,32H,4-7,9-10,12H2,(H,28,31). The second-order valence-electron chi connectivity index (χ2n) is 8.50. The maximum absolute atomic E-state index is 13.1. The zero-order valence-corrected chi connectivity index (χ0v) is 18.6. The summed E-state index contributed by atoms with van der Waals surface area (Å²) in [5.41, 5.74) is -0.328. The van der Waals surface area contributed by atoms with Crippen LogP contribution in [0.1, 0.15) is 46.5 Å². The molecular formula is C22H25F3N4O3S. The van der Waals surface area contributed by atoms with Crippen LogP contribution < -0.4 is 10.6 Å². The quantitative estimate of drug-likeness (QED) is 0.588. The van der Waals surface area contributed by atoms with Gasteiger partial charge in [0.1, 0.15) is 5.60 Å². The predicted molar refractivity (Wildman–Crippen MR) is 116 cm³/mol. The molecule has 0 radical (unpaired) electrons. The van der Waals surface area contributed by atoms with Crippen LogP contribution in [0, 0.1) is 0 Å². The van der Waals surface area contributed by atoms with Crippen LogP contribution in [0.15, 0.2) is 36.0 Å². The SMILES string of the molecule is O=C(NCC(=O)N(C1CCC(O)(c2cncs2)CC1)C1CNC1)c1cccc(C(F)(F)F)c1. The number of halogens is 3. The van der Waals surface area contributed by atoms with Gasteiger partial charge in [0.15, 0.2) is 0 Å². The number of benzene rings is 1. The van der Waals surface area contributed by atoms with E-state index >= 15 is 0 Å². The van der Waals surface area contributed by atoms with Crippen molar-refractivity contribution in [1.29, 1.82) is 0 Å². The first kappa shape index (κ1) is 23.7. The zero-order valence-electron chi connectivity index (χ0n) is 17.8. The summed E-state index contributed by atoms with van der Waals surface area (Å²) in [6.45, 7) is 0.979. The summed E-state index contributed by atoms with van der Waals surface area (Å²) in [6.07, 6.45) is -0.660. The summed E-state index contributed by atoms with van der Waals surface area (Å²) in [5.74, 6) is -1.01. The molecule has 178 valence electrons. The summed E-state index contributed by atoms with van der Waals surface area (Å²) >= 11 is 1.41. The Balaban J connectivity index is 1.38. The molecule has 0 unspecified atom stereocenters. The maximum Gasteiger partial charge on any atom is 0.416 e. The number of aliphatic hydroxyl groups is 1. The van der Waals surface area contributed by atoms with Crippen molar-refractivity contribution in [3.05, 3.63) is 52.0 Å². The van der Waals surface area contributed by atoms with E-state index in [9.17, 15) is 27.9 Å². The molecule has 0 spiro atoms. The van der Waals surface area contributed by atoms with Crippen molar-refractivity contribution in [3.63, 3.8) is 0 Å². The van der Waals surface area contributed by atoms with E-state index in [1.54, 1.807) is 16.6 Å². The molecule has 2 aromatic rings. The fourth-order valence-corrected chi connectivity index (χ4v) is 5.19. The third-order valence-electron chi connectivity index (χ3n) is 6.36. The number of nitrogens with one attached hydrogen (secondary N) is 2. The van der Waals surface area contributed by atoms with Crippen LogP contribution in [-0.4, -0.2) is 58.5 Å². The van der Waals surface area contributed by atoms with Gasteiger partial charge in [0.05, 0.1) is 28.5 Å². The summed E-state index contributed by atoms with van der Waals surface area (Å²) in [4.78, 5) is 32.1. The average molecular weight is 483 g/mol. The topological polar surface area (TPSA) is 94.6 Å². The lowest BCUT2D eigenvalue weighted by Crippen LogP contribution is -2.63. The minimum Gasteiger partial charge on any atom is -0.384 e. The van der Waals surface area contributed by atoms with E-state index in [-0.39, 0.29) is 30.1 Å². The van der Waals surface area contributed by atoms with Crippen molar-refractivity contribution in [2.75, 3.05) is 19.6 Å². The fourth-order valence-electron chi connectivity index (χ4n) is 4.41. The molecule has 4 rings (SSSR count). The molecule has 2 heterocycles. The summed E-state index contributed by atoms with van der Waals surface area (Å²) in [6, 6.07) is 4.02. The van der Waals surface area contributed by atoms with Gasteiger partial charge in [-0.05, 0) is 43.9 Å². The molecule has 2 aliphatic rings. The van der Waals surface area contributed by atoms with Crippen molar-refractivity contribution < 1.29 is 27.9 Å². The second kappa shape index (κ2) is 9.40. The van der Waals surface area contributed by atoms with Crippen LogP contribution >= 0.6 is 11.3 Å². The molecule has 7 nitrogen and oxygen atoms in total. The van der Waals surface area contributed by atoms with E-state index in [1.165, 1.54) is 17.4 Å². The lowest BCUT2D eigenvalue weighted by molar-refractivity contribution is -0.139. The van der Waals surface area contributed by atoms with Crippen molar-refractivity contribution in [2.45, 2.75) is 49.5 Å². The molecule has 1 aliphatic carbocycles. The molecule has 0 bridgehead atoms. The van der Waals surface area contributed by atoms with Crippen LogP contribution in [0.3, 0.4) is 0 Å². The van der Waals surface area contributed by atoms with E-state index in [1.807, 2.05) is 0 Å². The van der Waals surface area contributed by atoms with Gasteiger partial charge in [-0.3, -0.25) is 14.6 Å². The number of carbonyl (C=O) groups excluding carboxylic acids is 2. The van der Waals surface area contributed by atoms with Crippen molar-refractivity contribution in [3.8, 4) is 0 Å². The van der Waals surface area contributed by atoms with Crippen LogP contribution in [0.2, 0.25) is 0 Å². The van der Waals surface area contributed by atoms with Crippen LogP contribution in [0.5, 0.6) is 0 Å². The Morgan fingerprint density at radius 2 is 1.97 bits per heavy atom. The van der Waals surface area contributed by atoms with Gasteiger partial charge in [-0.15, -0.1) is 11.3 Å². The van der Waals surface area contributed by atoms with E-state index in [0.29, 0.717) is 38.8 Å². The molecule has 11 heteroatoms. The molecule has 1 aromatic carbocycles. The maximum atomic E-state index is 13.1. The van der Waals surface area contributed by atoms with Gasteiger partial charge in [0.2, 0.25) is 5.91 Å². The van der Waals surface area contributed by atoms with Gasteiger partial charge < -0.3 is 20.6 Å². The van der Waals surface area contributed by atoms with E-state index in [0.717, 1.165) is 23.1 Å². The highest BCUT2D eigenvalue weighted by molar-refractivity contribution is 7.09. The fraction of sp³-hybridized carbons (Fsp3) is 0.500. The Morgan fingerprint density at radius 1 is 1.24 bits per heavy atom. The molecule has 0 atom stereocenters. The average Bonchev–Trinajstić information content (AvgIpc) is 3.30. The Labute approximate surface area is 193 Å². The Morgan fingerprint density at radius 3 is 2.55 bits per heavy atom. The van der Waals surface area contributed by atoms with Crippen molar-refractivity contribution >= 4 is 23.2 Å². The highest BCUT2D eigenvalue weighted by atomic mass is 32.1. The van der Waals surface area contributed by atoms with Gasteiger partial charge in [0, 0.05) is 30.9 Å². The summed E-state index contributed by atoms with van der Waals surface area (Å²) in [5, 5.41) is 16.6. The number of rotatable bonds is 6. The first-order valence-corrected chi connectivity index (χ1v) is 11.6. The largest absolute Gasteiger partial charge is 0.416 e. The van der Waals surface area contributed by atoms with E-state index in [4.69, 9.17) is 0 Å². The Kier molecular flexibility index (Phi) is 6.73. The molecule has 1 aromatic heterocycles. The molecular weight excluding hydrogens is 457 g/mol. The number of aromatic nitrogens is 1. The number of nitrogens with zero attached hydrogens (tertiary/aromatic N) is 2. The van der Waals surface area contributed by atoms with Crippen molar-refractivity contribution in [1.82, 2.24) is 20.5 Å². The molecule has 1 saturated carbocycles. The van der Waals surface area contributed by atoms with Gasteiger partial charge >= 0.3 is 6.18 Å². The monoisotopic (exact) mass is 482 g/mol. The molecule has 1 saturated heterocycles. The smallest absolute Gasteiger partial charge is 0.384 e.